The van der Waals surface area contributed by atoms with E-state index < -0.39 is 5.51 Å². The number of alkyl halides is 3. The topological polar surface area (TPSA) is 29.5 Å². The molecular weight excluding hydrogens is 231 g/mol. The van der Waals surface area contributed by atoms with Crippen molar-refractivity contribution in [3.63, 3.8) is 0 Å². The second kappa shape index (κ2) is 5.07. The van der Waals surface area contributed by atoms with Gasteiger partial charge in [-0.25, -0.2) is 0 Å². The van der Waals surface area contributed by atoms with E-state index in [9.17, 15) is 18.0 Å². The Labute approximate surface area is 89.9 Å². The molecule has 0 bridgehead atoms. The third-order valence-electron chi connectivity index (χ3n) is 2.25. The number of rotatable bonds is 4. The third-order valence-corrected chi connectivity index (χ3v) is 2.96. The Morgan fingerprint density at radius 3 is 2.67 bits per heavy atom. The first-order chi connectivity index (χ1) is 6.94. The minimum atomic E-state index is -4.19. The first-order valence-corrected chi connectivity index (χ1v) is 5.45. The van der Waals surface area contributed by atoms with Crippen LogP contribution in [0.4, 0.5) is 13.2 Å². The molecule has 0 aromatic heterocycles. The van der Waals surface area contributed by atoms with Gasteiger partial charge in [-0.3, -0.25) is 9.69 Å². The fourth-order valence-electron chi connectivity index (χ4n) is 1.39. The summed E-state index contributed by atoms with van der Waals surface area (Å²) in [5, 5.41) is 0. The lowest BCUT2D eigenvalue weighted by Gasteiger charge is -2.38. The summed E-state index contributed by atoms with van der Waals surface area (Å²) in [4.78, 5) is 12.8. The maximum atomic E-state index is 11.8. The number of likely N-dealkylation sites (tertiary alicyclic amines) is 1. The number of hydrogen-bond acceptors (Lipinski definition) is 4. The Bertz CT molecular complexity index is 234. The Hall–Kier alpha value is -0.430. The van der Waals surface area contributed by atoms with Gasteiger partial charge in [-0.15, -0.1) is 0 Å². The van der Waals surface area contributed by atoms with Crippen LogP contribution in [0.3, 0.4) is 0 Å². The van der Waals surface area contributed by atoms with E-state index in [0.717, 1.165) is 0 Å². The fourth-order valence-corrected chi connectivity index (χ4v) is 1.95. The highest BCUT2D eigenvalue weighted by atomic mass is 32.2. The van der Waals surface area contributed by atoms with E-state index in [1.54, 1.807) is 4.90 Å². The average Bonchev–Trinajstić information content (AvgIpc) is 2.08. The van der Waals surface area contributed by atoms with Crippen LogP contribution in [0.2, 0.25) is 0 Å². The Morgan fingerprint density at radius 2 is 2.27 bits per heavy atom. The van der Waals surface area contributed by atoms with Gasteiger partial charge in [0, 0.05) is 18.8 Å². The molecule has 1 heterocycles. The minimum absolute atomic E-state index is 0.0446. The van der Waals surface area contributed by atoms with Crippen LogP contribution in [0.5, 0.6) is 0 Å². The summed E-state index contributed by atoms with van der Waals surface area (Å²) in [5.41, 5.74) is -4.19. The quantitative estimate of drug-likeness (QED) is 0.700. The van der Waals surface area contributed by atoms with Crippen molar-refractivity contribution in [2.45, 2.75) is 18.0 Å². The van der Waals surface area contributed by atoms with Crippen molar-refractivity contribution >= 4 is 17.7 Å². The van der Waals surface area contributed by atoms with Crippen LogP contribution in [-0.4, -0.2) is 48.4 Å². The fraction of sp³-hybridized carbons (Fsp3) is 0.875. The first kappa shape index (κ1) is 12.6. The third kappa shape index (κ3) is 3.90. The SMILES string of the molecule is COC(=O)C1CCN1CCSC(F)(F)F. The summed E-state index contributed by atoms with van der Waals surface area (Å²) in [7, 11) is 1.28. The number of nitrogens with zero attached hydrogens (tertiary/aromatic N) is 1. The zero-order valence-electron chi connectivity index (χ0n) is 8.21. The van der Waals surface area contributed by atoms with E-state index in [1.807, 2.05) is 0 Å². The highest BCUT2D eigenvalue weighted by Crippen LogP contribution is 2.30. The lowest BCUT2D eigenvalue weighted by molar-refractivity contribution is -0.151. The molecule has 0 amide bonds. The van der Waals surface area contributed by atoms with Crippen LogP contribution >= 0.6 is 11.8 Å². The molecule has 1 aliphatic rings. The number of carbonyl (C=O) groups is 1. The van der Waals surface area contributed by atoms with Crippen molar-refractivity contribution < 1.29 is 22.7 Å². The van der Waals surface area contributed by atoms with Crippen molar-refractivity contribution in [2.24, 2.45) is 0 Å². The maximum absolute atomic E-state index is 11.8. The summed E-state index contributed by atoms with van der Waals surface area (Å²) in [5.74, 6) is -0.407. The van der Waals surface area contributed by atoms with E-state index in [1.165, 1.54) is 7.11 Å². The van der Waals surface area contributed by atoms with Crippen molar-refractivity contribution in [1.82, 2.24) is 4.90 Å². The van der Waals surface area contributed by atoms with Crippen molar-refractivity contribution in [3.8, 4) is 0 Å². The van der Waals surface area contributed by atoms with E-state index in [-0.39, 0.29) is 36.1 Å². The van der Waals surface area contributed by atoms with E-state index >= 15 is 0 Å². The molecule has 1 rings (SSSR count). The van der Waals surface area contributed by atoms with Gasteiger partial charge in [0.15, 0.2) is 0 Å². The van der Waals surface area contributed by atoms with E-state index in [4.69, 9.17) is 0 Å². The highest BCUT2D eigenvalue weighted by molar-refractivity contribution is 8.00. The zero-order chi connectivity index (χ0) is 11.5. The molecule has 1 saturated heterocycles. The summed E-state index contributed by atoms with van der Waals surface area (Å²) in [6.45, 7) is 0.933. The van der Waals surface area contributed by atoms with Crippen LogP contribution < -0.4 is 0 Å². The van der Waals surface area contributed by atoms with Gasteiger partial charge >= 0.3 is 11.5 Å². The predicted molar refractivity (Wildman–Crippen MR) is 50.5 cm³/mol. The van der Waals surface area contributed by atoms with Crippen molar-refractivity contribution in [3.05, 3.63) is 0 Å². The van der Waals surface area contributed by atoms with Gasteiger partial charge in [-0.2, -0.15) is 13.2 Å². The summed E-state index contributed by atoms with van der Waals surface area (Å²) in [6, 6.07) is -0.344. The van der Waals surface area contributed by atoms with Crippen LogP contribution in [0.15, 0.2) is 0 Å². The Balaban J connectivity index is 2.20. The first-order valence-electron chi connectivity index (χ1n) is 4.46. The number of esters is 1. The molecule has 1 unspecified atom stereocenters. The molecule has 0 aromatic rings. The van der Waals surface area contributed by atoms with Crippen molar-refractivity contribution in [1.29, 1.82) is 0 Å². The largest absolute Gasteiger partial charge is 0.468 e. The molecule has 3 nitrogen and oxygen atoms in total. The summed E-state index contributed by atoms with van der Waals surface area (Å²) >= 11 is -0.0613. The van der Waals surface area contributed by atoms with Gasteiger partial charge < -0.3 is 4.74 Å². The van der Waals surface area contributed by atoms with Crippen LogP contribution in [0, 0.1) is 0 Å². The molecule has 88 valence electrons. The second-order valence-corrected chi connectivity index (χ2v) is 4.32. The standard InChI is InChI=1S/C8H12F3NO2S/c1-14-7(13)6-2-3-12(6)4-5-15-8(9,10)11/h6H,2-5H2,1H3. The summed E-state index contributed by atoms with van der Waals surface area (Å²) < 4.78 is 39.9. The molecule has 15 heavy (non-hydrogen) atoms. The van der Waals surface area contributed by atoms with Crippen LogP contribution in [0.25, 0.3) is 0 Å². The number of carbonyl (C=O) groups excluding carboxylic acids is 1. The second-order valence-electron chi connectivity index (χ2n) is 3.16. The van der Waals surface area contributed by atoms with Crippen molar-refractivity contribution in [2.75, 3.05) is 26.0 Å². The molecular formula is C8H12F3NO2S. The Kier molecular flexibility index (Phi) is 4.27. The number of hydrogen-bond donors (Lipinski definition) is 0. The zero-order valence-corrected chi connectivity index (χ0v) is 9.03. The van der Waals surface area contributed by atoms with Gasteiger partial charge in [0.05, 0.1) is 7.11 Å². The number of thioether (sulfide) groups is 1. The molecule has 1 aliphatic heterocycles. The number of ether oxygens (including phenoxy) is 1. The van der Waals surface area contributed by atoms with E-state index in [2.05, 4.69) is 4.74 Å². The van der Waals surface area contributed by atoms with E-state index in [0.29, 0.717) is 13.0 Å². The molecule has 0 saturated carbocycles. The lowest BCUT2D eigenvalue weighted by atomic mass is 10.0. The molecule has 0 spiro atoms. The van der Waals surface area contributed by atoms with Gasteiger partial charge in [-0.1, -0.05) is 0 Å². The van der Waals surface area contributed by atoms with Gasteiger partial charge in [0.2, 0.25) is 0 Å². The molecule has 0 aliphatic carbocycles. The maximum Gasteiger partial charge on any atom is 0.441 e. The van der Waals surface area contributed by atoms with Crippen LogP contribution in [-0.2, 0) is 9.53 Å². The highest BCUT2D eigenvalue weighted by Gasteiger charge is 2.35. The smallest absolute Gasteiger partial charge is 0.441 e. The molecule has 0 N–H and O–H groups in total. The van der Waals surface area contributed by atoms with Gasteiger partial charge in [0.25, 0.3) is 0 Å². The minimum Gasteiger partial charge on any atom is -0.468 e. The molecule has 0 radical (unpaired) electrons. The average molecular weight is 243 g/mol. The normalized spacial score (nSPS) is 22.3. The molecule has 1 fully saturated rings. The summed E-state index contributed by atoms with van der Waals surface area (Å²) in [6.07, 6.45) is 0.670. The monoisotopic (exact) mass is 243 g/mol. The number of halogens is 3. The predicted octanol–water partition coefficient (Wildman–Crippen LogP) is 1.49. The molecule has 1 atom stereocenters. The molecule has 7 heteroatoms. The van der Waals surface area contributed by atoms with Crippen LogP contribution in [0.1, 0.15) is 6.42 Å². The number of methoxy groups -OCH3 is 1. The lowest BCUT2D eigenvalue weighted by Crippen LogP contribution is -2.53. The molecule has 0 aromatic carbocycles. The van der Waals surface area contributed by atoms with Gasteiger partial charge in [0.1, 0.15) is 6.04 Å². The van der Waals surface area contributed by atoms with Gasteiger partial charge in [-0.05, 0) is 18.2 Å². The Morgan fingerprint density at radius 1 is 1.60 bits per heavy atom.